The lowest BCUT2D eigenvalue weighted by atomic mass is 10.2. The molecule has 27 heavy (non-hydrogen) atoms. The predicted molar refractivity (Wildman–Crippen MR) is 105 cm³/mol. The van der Waals surface area contributed by atoms with Gasteiger partial charge in [0, 0.05) is 19.6 Å². The number of aryl methyl sites for hydroxylation is 1. The molecule has 1 saturated heterocycles. The number of hydrogen-bond donors (Lipinski definition) is 1. The fourth-order valence-electron chi connectivity index (χ4n) is 3.10. The van der Waals surface area contributed by atoms with Crippen molar-refractivity contribution in [3.63, 3.8) is 0 Å². The number of sulfonamides is 1. The number of rotatable bonds is 7. The molecule has 3 rings (SSSR count). The van der Waals surface area contributed by atoms with Gasteiger partial charge in [0.05, 0.1) is 36.4 Å². The summed E-state index contributed by atoms with van der Waals surface area (Å²) in [5.41, 5.74) is 1.53. The van der Waals surface area contributed by atoms with E-state index < -0.39 is 16.1 Å². The van der Waals surface area contributed by atoms with E-state index >= 15 is 0 Å². The molecule has 2 aromatic carbocycles. The van der Waals surface area contributed by atoms with E-state index in [1.54, 1.807) is 48.5 Å². The van der Waals surface area contributed by atoms with E-state index in [0.717, 1.165) is 18.7 Å². The topological polar surface area (TPSA) is 70.1 Å². The second-order valence-corrected chi connectivity index (χ2v) is 8.61. The molecule has 1 aliphatic rings. The molecule has 0 bridgehead atoms. The summed E-state index contributed by atoms with van der Waals surface area (Å²) >= 11 is 0. The van der Waals surface area contributed by atoms with E-state index in [1.807, 2.05) is 13.0 Å². The molecule has 0 saturated carbocycles. The average molecular weight is 391 g/mol. The Morgan fingerprint density at radius 1 is 1.07 bits per heavy atom. The highest BCUT2D eigenvalue weighted by Gasteiger charge is 2.28. The maximum absolute atomic E-state index is 13.3. The van der Waals surface area contributed by atoms with E-state index in [1.165, 1.54) is 4.31 Å². The molecule has 0 unspecified atom stereocenters. The van der Waals surface area contributed by atoms with Crippen LogP contribution in [0.15, 0.2) is 59.5 Å². The van der Waals surface area contributed by atoms with Crippen molar-refractivity contribution in [1.29, 1.82) is 0 Å². The molecule has 1 atom stereocenters. The van der Waals surface area contributed by atoms with Gasteiger partial charge in [0.15, 0.2) is 0 Å². The van der Waals surface area contributed by atoms with Crippen LogP contribution in [0.1, 0.15) is 5.56 Å². The van der Waals surface area contributed by atoms with Gasteiger partial charge in [-0.15, -0.1) is 0 Å². The van der Waals surface area contributed by atoms with Crippen LogP contribution >= 0.6 is 0 Å². The number of benzene rings is 2. The van der Waals surface area contributed by atoms with Crippen LogP contribution in [0.5, 0.6) is 0 Å². The zero-order valence-electron chi connectivity index (χ0n) is 15.5. The van der Waals surface area contributed by atoms with Gasteiger partial charge in [-0.05, 0) is 31.2 Å². The molecule has 0 aromatic heterocycles. The third kappa shape index (κ3) is 5.07. The molecule has 2 aromatic rings. The molecular weight excluding hydrogens is 364 g/mol. The third-order valence-electron chi connectivity index (χ3n) is 4.60. The first-order chi connectivity index (χ1) is 13.0. The summed E-state index contributed by atoms with van der Waals surface area (Å²) in [5.74, 6) is 0. The maximum Gasteiger partial charge on any atom is 0.264 e. The number of morpholine rings is 1. The van der Waals surface area contributed by atoms with Crippen LogP contribution in [0.4, 0.5) is 5.69 Å². The van der Waals surface area contributed by atoms with Gasteiger partial charge in [-0.2, -0.15) is 0 Å². The highest BCUT2D eigenvalue weighted by Crippen LogP contribution is 2.24. The number of aliphatic hydroxyl groups is 1. The van der Waals surface area contributed by atoms with Crippen LogP contribution in [0.3, 0.4) is 0 Å². The van der Waals surface area contributed by atoms with Gasteiger partial charge in [-0.25, -0.2) is 8.42 Å². The lowest BCUT2D eigenvalue weighted by Gasteiger charge is -2.31. The molecule has 1 fully saturated rings. The first kappa shape index (κ1) is 19.8. The van der Waals surface area contributed by atoms with Crippen molar-refractivity contribution in [3.8, 4) is 0 Å². The van der Waals surface area contributed by atoms with Crippen molar-refractivity contribution in [3.05, 3.63) is 60.2 Å². The van der Waals surface area contributed by atoms with Gasteiger partial charge in [-0.1, -0.05) is 35.9 Å². The van der Waals surface area contributed by atoms with Crippen LogP contribution in [-0.4, -0.2) is 63.9 Å². The Labute approximate surface area is 161 Å². The molecule has 1 N–H and O–H groups in total. The van der Waals surface area contributed by atoms with Crippen molar-refractivity contribution in [2.75, 3.05) is 43.7 Å². The van der Waals surface area contributed by atoms with Crippen LogP contribution in [-0.2, 0) is 14.8 Å². The van der Waals surface area contributed by atoms with Crippen molar-refractivity contribution >= 4 is 15.7 Å². The quantitative estimate of drug-likeness (QED) is 0.782. The third-order valence-corrected chi connectivity index (χ3v) is 6.41. The fraction of sp³-hybridized carbons (Fsp3) is 0.400. The Balaban J connectivity index is 1.83. The summed E-state index contributed by atoms with van der Waals surface area (Å²) in [4.78, 5) is 2.31. The molecule has 1 heterocycles. The molecule has 1 aliphatic heterocycles. The summed E-state index contributed by atoms with van der Waals surface area (Å²) in [6.07, 6.45) is -0.802. The minimum atomic E-state index is -3.78. The number of β-amino-alcohol motifs (C(OH)–C–C–N with tert-alkyl or cyclic N) is 1. The van der Waals surface area contributed by atoms with Crippen molar-refractivity contribution in [1.82, 2.24) is 4.90 Å². The summed E-state index contributed by atoms with van der Waals surface area (Å²) in [7, 11) is -3.78. The number of aliphatic hydroxyl groups excluding tert-OH is 1. The van der Waals surface area contributed by atoms with Crippen LogP contribution in [0.2, 0.25) is 0 Å². The van der Waals surface area contributed by atoms with Crippen molar-refractivity contribution < 1.29 is 18.3 Å². The van der Waals surface area contributed by atoms with Gasteiger partial charge in [0.2, 0.25) is 0 Å². The zero-order chi connectivity index (χ0) is 19.3. The summed E-state index contributed by atoms with van der Waals surface area (Å²) < 4.78 is 33.1. The summed E-state index contributed by atoms with van der Waals surface area (Å²) in [5, 5.41) is 10.6. The van der Waals surface area contributed by atoms with Crippen LogP contribution in [0.25, 0.3) is 0 Å². The van der Waals surface area contributed by atoms with Crippen molar-refractivity contribution in [2.45, 2.75) is 17.9 Å². The number of ether oxygens (including phenoxy) is 1. The standard InChI is InChI=1S/C20H26N2O4S/c1-17-7-9-20(10-8-17)27(24,25)22(18-5-3-2-4-6-18)16-19(23)15-21-11-13-26-14-12-21/h2-10,19,23H,11-16H2,1H3/t19-/m0/s1. The summed E-state index contributed by atoms with van der Waals surface area (Å²) in [6, 6.07) is 15.7. The minimum absolute atomic E-state index is 0.00240. The Morgan fingerprint density at radius 3 is 2.33 bits per heavy atom. The Morgan fingerprint density at radius 2 is 1.70 bits per heavy atom. The van der Waals surface area contributed by atoms with Gasteiger partial charge in [0.25, 0.3) is 10.0 Å². The molecule has 0 amide bonds. The molecule has 6 nitrogen and oxygen atoms in total. The fourth-order valence-corrected chi connectivity index (χ4v) is 4.61. The Bertz CT molecular complexity index is 819. The normalized spacial score (nSPS) is 16.8. The second-order valence-electron chi connectivity index (χ2n) is 6.75. The predicted octanol–water partition coefficient (Wildman–Crippen LogP) is 1.88. The minimum Gasteiger partial charge on any atom is -0.390 e. The first-order valence-corrected chi connectivity index (χ1v) is 10.5. The van der Waals surface area contributed by atoms with Crippen LogP contribution in [0, 0.1) is 6.92 Å². The highest BCUT2D eigenvalue weighted by atomic mass is 32.2. The Hall–Kier alpha value is -1.93. The lowest BCUT2D eigenvalue weighted by molar-refractivity contribution is 0.0166. The Kier molecular flexibility index (Phi) is 6.49. The molecular formula is C20H26N2O4S. The number of nitrogens with zero attached hydrogens (tertiary/aromatic N) is 2. The SMILES string of the molecule is Cc1ccc(S(=O)(=O)N(C[C@@H](O)CN2CCOCC2)c2ccccc2)cc1. The van der Waals surface area contributed by atoms with Gasteiger partial charge < -0.3 is 9.84 Å². The van der Waals surface area contributed by atoms with E-state index in [-0.39, 0.29) is 11.4 Å². The smallest absolute Gasteiger partial charge is 0.264 e. The maximum atomic E-state index is 13.3. The van der Waals surface area contributed by atoms with Gasteiger partial charge in [0.1, 0.15) is 0 Å². The number of hydrogen-bond acceptors (Lipinski definition) is 5. The van der Waals surface area contributed by atoms with Crippen LogP contribution < -0.4 is 4.31 Å². The largest absolute Gasteiger partial charge is 0.390 e. The molecule has 7 heteroatoms. The van der Waals surface area contributed by atoms with Crippen molar-refractivity contribution in [2.24, 2.45) is 0 Å². The molecule has 0 radical (unpaired) electrons. The monoisotopic (exact) mass is 390 g/mol. The summed E-state index contributed by atoms with van der Waals surface area (Å²) in [6.45, 7) is 5.08. The molecule has 146 valence electrons. The molecule has 0 spiro atoms. The van der Waals surface area contributed by atoms with E-state index in [0.29, 0.717) is 25.4 Å². The van der Waals surface area contributed by atoms with E-state index in [9.17, 15) is 13.5 Å². The molecule has 0 aliphatic carbocycles. The number of para-hydroxylation sites is 1. The van der Waals surface area contributed by atoms with E-state index in [4.69, 9.17) is 4.74 Å². The second kappa shape index (κ2) is 8.84. The first-order valence-electron chi connectivity index (χ1n) is 9.09. The van der Waals surface area contributed by atoms with E-state index in [2.05, 4.69) is 4.90 Å². The zero-order valence-corrected chi connectivity index (χ0v) is 16.3. The van der Waals surface area contributed by atoms with Gasteiger partial charge >= 0.3 is 0 Å². The average Bonchev–Trinajstić information content (AvgIpc) is 2.68. The number of anilines is 1. The van der Waals surface area contributed by atoms with Gasteiger partial charge in [-0.3, -0.25) is 9.21 Å². The lowest BCUT2D eigenvalue weighted by Crippen LogP contribution is -2.46. The highest BCUT2D eigenvalue weighted by molar-refractivity contribution is 7.92.